The van der Waals surface area contributed by atoms with Crippen molar-refractivity contribution in [2.75, 3.05) is 10.2 Å². The molecule has 1 saturated heterocycles. The lowest BCUT2D eigenvalue weighted by molar-refractivity contribution is -0.137. The molecule has 5 nitrogen and oxygen atoms in total. The van der Waals surface area contributed by atoms with Crippen molar-refractivity contribution in [2.45, 2.75) is 12.0 Å². The van der Waals surface area contributed by atoms with Gasteiger partial charge in [0.25, 0.3) is 5.91 Å². The number of amides is 2. The van der Waals surface area contributed by atoms with Crippen LogP contribution in [0.15, 0.2) is 85.1 Å². The summed E-state index contributed by atoms with van der Waals surface area (Å²) in [7, 11) is 0. The average Bonchev–Trinajstić information content (AvgIpc) is 2.77. The fourth-order valence-corrected chi connectivity index (χ4v) is 4.16. The van der Waals surface area contributed by atoms with Gasteiger partial charge in [-0.15, -0.1) is 0 Å². The quantitative estimate of drug-likeness (QED) is 0.475. The highest BCUT2D eigenvalue weighted by Gasteiger charge is 2.58. The predicted octanol–water partition coefficient (Wildman–Crippen LogP) is 4.78. The Morgan fingerprint density at radius 2 is 1.72 bits per heavy atom. The van der Waals surface area contributed by atoms with Crippen molar-refractivity contribution >= 4 is 34.1 Å². The monoisotopic (exact) mass is 429 g/mol. The summed E-state index contributed by atoms with van der Waals surface area (Å²) >= 11 is 0. The highest BCUT2D eigenvalue weighted by atomic mass is 19.1. The minimum atomic E-state index is -1.43. The molecule has 2 amide bonds. The Balaban J connectivity index is 1.65. The van der Waals surface area contributed by atoms with Crippen LogP contribution in [-0.2, 0) is 15.1 Å². The third kappa shape index (κ3) is 3.19. The van der Waals surface area contributed by atoms with E-state index in [0.717, 1.165) is 10.9 Å². The standard InChI is InChI=1S/C25H17F2N3O2/c26-18-5-1-7-20(13-18)29-24(32)25(17-9-10-22-16(12-17)4-3-11-28-22)15-23(31)30(25)21-8-2-6-19(27)14-21/h1-14H,15H2,(H,29,32). The van der Waals surface area contributed by atoms with Gasteiger partial charge in [-0.2, -0.15) is 0 Å². The van der Waals surface area contributed by atoms with Crippen LogP contribution in [0.5, 0.6) is 0 Å². The fourth-order valence-electron chi connectivity index (χ4n) is 4.16. The molecule has 0 saturated carbocycles. The minimum Gasteiger partial charge on any atom is -0.324 e. The van der Waals surface area contributed by atoms with Gasteiger partial charge < -0.3 is 5.32 Å². The zero-order valence-corrected chi connectivity index (χ0v) is 16.8. The summed E-state index contributed by atoms with van der Waals surface area (Å²) < 4.78 is 27.7. The fraction of sp³-hybridized carbons (Fsp3) is 0.0800. The number of nitrogens with one attached hydrogen (secondary N) is 1. The molecule has 1 aliphatic rings. The molecule has 3 aromatic carbocycles. The Hall–Kier alpha value is -4.13. The van der Waals surface area contributed by atoms with Gasteiger partial charge in [-0.3, -0.25) is 19.5 Å². The number of nitrogens with zero attached hydrogens (tertiary/aromatic N) is 2. The molecular weight excluding hydrogens is 412 g/mol. The number of rotatable bonds is 4. The first-order chi connectivity index (χ1) is 15.5. The molecule has 1 aliphatic heterocycles. The van der Waals surface area contributed by atoms with Crippen LogP contribution in [0.1, 0.15) is 12.0 Å². The second kappa shape index (κ2) is 7.53. The molecule has 1 N–H and O–H groups in total. The third-order valence-corrected chi connectivity index (χ3v) is 5.64. The zero-order chi connectivity index (χ0) is 22.3. The van der Waals surface area contributed by atoms with E-state index < -0.39 is 23.1 Å². The lowest BCUT2D eigenvalue weighted by atomic mass is 9.75. The molecule has 7 heteroatoms. The number of β-lactam (4-membered cyclic amide) rings is 1. The van der Waals surface area contributed by atoms with E-state index in [4.69, 9.17) is 0 Å². The van der Waals surface area contributed by atoms with Crippen molar-refractivity contribution in [3.05, 3.63) is 102 Å². The van der Waals surface area contributed by atoms with Crippen molar-refractivity contribution in [1.29, 1.82) is 0 Å². The van der Waals surface area contributed by atoms with Crippen molar-refractivity contribution in [3.8, 4) is 0 Å². The predicted molar refractivity (Wildman–Crippen MR) is 117 cm³/mol. The Labute approximate surface area is 182 Å². The first-order valence-electron chi connectivity index (χ1n) is 9.98. The molecule has 2 heterocycles. The molecule has 0 aliphatic carbocycles. The number of hydrogen-bond donors (Lipinski definition) is 1. The van der Waals surface area contributed by atoms with Crippen LogP contribution < -0.4 is 10.2 Å². The number of pyridine rings is 1. The molecule has 1 unspecified atom stereocenters. The largest absolute Gasteiger partial charge is 0.324 e. The summed E-state index contributed by atoms with van der Waals surface area (Å²) in [6.07, 6.45) is 1.55. The number of benzene rings is 3. The Kier molecular flexibility index (Phi) is 4.66. The number of aromatic nitrogens is 1. The summed E-state index contributed by atoms with van der Waals surface area (Å²) in [4.78, 5) is 32.0. The summed E-state index contributed by atoms with van der Waals surface area (Å²) in [5.41, 5.74) is 0.384. The number of hydrogen-bond acceptors (Lipinski definition) is 3. The third-order valence-electron chi connectivity index (χ3n) is 5.64. The first kappa shape index (κ1) is 19.8. The number of carbonyl (C=O) groups excluding carboxylic acids is 2. The number of fused-ring (bicyclic) bond motifs is 1. The molecule has 1 fully saturated rings. The van der Waals surface area contributed by atoms with Crippen LogP contribution in [0.2, 0.25) is 0 Å². The summed E-state index contributed by atoms with van der Waals surface area (Å²) in [5, 5.41) is 3.52. The molecule has 0 radical (unpaired) electrons. The lowest BCUT2D eigenvalue weighted by Crippen LogP contribution is -2.67. The van der Waals surface area contributed by atoms with E-state index in [9.17, 15) is 18.4 Å². The Bertz CT molecular complexity index is 1370. The topological polar surface area (TPSA) is 62.3 Å². The van der Waals surface area contributed by atoms with Crippen molar-refractivity contribution < 1.29 is 18.4 Å². The Morgan fingerprint density at radius 3 is 2.47 bits per heavy atom. The van der Waals surface area contributed by atoms with Gasteiger partial charge in [0.2, 0.25) is 5.91 Å². The first-order valence-corrected chi connectivity index (χ1v) is 9.98. The molecule has 0 spiro atoms. The smallest absolute Gasteiger partial charge is 0.255 e. The molecular formula is C25H17F2N3O2. The van der Waals surface area contributed by atoms with Crippen LogP contribution in [0.25, 0.3) is 10.9 Å². The van der Waals surface area contributed by atoms with E-state index in [1.807, 2.05) is 6.07 Å². The summed E-state index contributed by atoms with van der Waals surface area (Å²) in [5.74, 6) is -1.86. The number of carbonyl (C=O) groups is 2. The average molecular weight is 429 g/mol. The van der Waals surface area contributed by atoms with Crippen molar-refractivity contribution in [3.63, 3.8) is 0 Å². The molecule has 32 heavy (non-hydrogen) atoms. The molecule has 158 valence electrons. The number of halogens is 2. The zero-order valence-electron chi connectivity index (χ0n) is 16.8. The normalized spacial score (nSPS) is 17.8. The van der Waals surface area contributed by atoms with Gasteiger partial charge in [-0.05, 0) is 60.2 Å². The number of anilines is 2. The van der Waals surface area contributed by atoms with E-state index in [-0.39, 0.29) is 23.7 Å². The van der Waals surface area contributed by atoms with Crippen molar-refractivity contribution in [2.24, 2.45) is 0 Å². The second-order valence-corrected chi connectivity index (χ2v) is 7.62. The molecule has 5 rings (SSSR count). The van der Waals surface area contributed by atoms with E-state index in [1.54, 1.807) is 42.6 Å². The Morgan fingerprint density at radius 1 is 0.938 bits per heavy atom. The van der Waals surface area contributed by atoms with Crippen LogP contribution in [0.4, 0.5) is 20.2 Å². The maximum absolute atomic E-state index is 14.0. The van der Waals surface area contributed by atoms with Gasteiger partial charge in [0.15, 0.2) is 5.54 Å². The van der Waals surface area contributed by atoms with Gasteiger partial charge in [0.05, 0.1) is 11.9 Å². The molecule has 4 aromatic rings. The van der Waals surface area contributed by atoms with E-state index >= 15 is 0 Å². The van der Waals surface area contributed by atoms with Gasteiger partial charge in [-0.25, -0.2) is 8.78 Å². The lowest BCUT2D eigenvalue weighted by Gasteiger charge is -2.50. The summed E-state index contributed by atoms with van der Waals surface area (Å²) in [6.45, 7) is 0. The maximum atomic E-state index is 14.0. The van der Waals surface area contributed by atoms with Crippen LogP contribution in [0.3, 0.4) is 0 Å². The van der Waals surface area contributed by atoms with Crippen LogP contribution in [0, 0.1) is 11.6 Å². The van der Waals surface area contributed by atoms with Crippen LogP contribution >= 0.6 is 0 Å². The van der Waals surface area contributed by atoms with E-state index in [1.165, 1.54) is 41.3 Å². The molecule has 1 atom stereocenters. The highest BCUT2D eigenvalue weighted by Crippen LogP contribution is 2.46. The summed E-state index contributed by atoms with van der Waals surface area (Å²) in [6, 6.07) is 20.0. The van der Waals surface area contributed by atoms with Crippen molar-refractivity contribution in [1.82, 2.24) is 4.98 Å². The van der Waals surface area contributed by atoms with Crippen LogP contribution in [-0.4, -0.2) is 16.8 Å². The van der Waals surface area contributed by atoms with Gasteiger partial charge >= 0.3 is 0 Å². The SMILES string of the molecule is O=C1CC(C(=O)Nc2cccc(F)c2)(c2ccc3ncccc3c2)N1c1cccc(F)c1. The van der Waals surface area contributed by atoms with Gasteiger partial charge in [-0.1, -0.05) is 24.3 Å². The van der Waals surface area contributed by atoms with Gasteiger partial charge in [0, 0.05) is 23.0 Å². The second-order valence-electron chi connectivity index (χ2n) is 7.62. The van der Waals surface area contributed by atoms with E-state index in [2.05, 4.69) is 10.3 Å². The van der Waals surface area contributed by atoms with Gasteiger partial charge in [0.1, 0.15) is 11.6 Å². The highest BCUT2D eigenvalue weighted by molar-refractivity contribution is 6.17. The molecule has 0 bridgehead atoms. The minimum absolute atomic E-state index is 0.115. The van der Waals surface area contributed by atoms with E-state index in [0.29, 0.717) is 5.56 Å². The molecule has 1 aromatic heterocycles. The maximum Gasteiger partial charge on any atom is 0.255 e.